The van der Waals surface area contributed by atoms with E-state index in [1.807, 2.05) is 13.1 Å². The van der Waals surface area contributed by atoms with Gasteiger partial charge in [0.2, 0.25) is 11.8 Å². The van der Waals surface area contributed by atoms with E-state index in [4.69, 9.17) is 10.5 Å². The number of carbonyl (C=O) groups excluding carboxylic acids is 1. The molecule has 0 aliphatic carbocycles. The summed E-state index contributed by atoms with van der Waals surface area (Å²) in [5, 5.41) is 3.35. The summed E-state index contributed by atoms with van der Waals surface area (Å²) in [6, 6.07) is 3.85. The molecular formula is C15H24N4O2. The maximum Gasteiger partial charge on any atom is 0.239 e. The van der Waals surface area contributed by atoms with Crippen molar-refractivity contribution in [3.05, 3.63) is 12.1 Å². The van der Waals surface area contributed by atoms with E-state index in [9.17, 15) is 4.79 Å². The summed E-state index contributed by atoms with van der Waals surface area (Å²) < 4.78 is 5.63. The Bertz CT molecular complexity index is 504. The Morgan fingerprint density at radius 2 is 2.29 bits per heavy atom. The quantitative estimate of drug-likeness (QED) is 0.864. The topological polar surface area (TPSA) is 80.5 Å². The molecule has 1 atom stereocenters. The molecule has 1 unspecified atom stereocenters. The van der Waals surface area contributed by atoms with Crippen molar-refractivity contribution in [3.8, 4) is 5.88 Å². The van der Waals surface area contributed by atoms with Crippen LogP contribution in [-0.2, 0) is 4.79 Å². The van der Waals surface area contributed by atoms with Crippen molar-refractivity contribution < 1.29 is 9.53 Å². The van der Waals surface area contributed by atoms with Crippen LogP contribution in [0, 0.1) is 5.92 Å². The largest absolute Gasteiger partial charge is 0.476 e. The summed E-state index contributed by atoms with van der Waals surface area (Å²) in [5.41, 5.74) is 6.42. The van der Waals surface area contributed by atoms with E-state index in [2.05, 4.69) is 24.1 Å². The number of likely N-dealkylation sites (N-methyl/N-ethyl adjacent to an activating group) is 1. The van der Waals surface area contributed by atoms with E-state index in [1.54, 1.807) is 11.0 Å². The van der Waals surface area contributed by atoms with Gasteiger partial charge in [-0.1, -0.05) is 13.8 Å². The molecule has 1 fully saturated rings. The molecule has 0 aromatic carbocycles. The van der Waals surface area contributed by atoms with Crippen LogP contribution in [0.1, 0.15) is 26.7 Å². The monoisotopic (exact) mass is 292 g/mol. The molecule has 0 radical (unpaired) electrons. The van der Waals surface area contributed by atoms with Crippen LogP contribution in [0.5, 0.6) is 5.88 Å². The van der Waals surface area contributed by atoms with Crippen molar-refractivity contribution >= 4 is 17.4 Å². The number of aromatic nitrogens is 1. The summed E-state index contributed by atoms with van der Waals surface area (Å²) in [6.07, 6.45) is 1.39. The molecule has 1 aromatic heterocycles. The van der Waals surface area contributed by atoms with Gasteiger partial charge in [0.05, 0.1) is 12.3 Å². The van der Waals surface area contributed by atoms with Gasteiger partial charge in [-0.05, 0) is 24.5 Å². The number of nitrogens with two attached hydrogens (primary N) is 1. The molecule has 0 bridgehead atoms. The van der Waals surface area contributed by atoms with Crippen LogP contribution >= 0.6 is 0 Å². The predicted molar refractivity (Wildman–Crippen MR) is 83.3 cm³/mol. The Morgan fingerprint density at radius 3 is 2.95 bits per heavy atom. The van der Waals surface area contributed by atoms with Gasteiger partial charge in [-0.3, -0.25) is 4.79 Å². The van der Waals surface area contributed by atoms with Crippen molar-refractivity contribution in [2.75, 3.05) is 31.2 Å². The molecule has 0 spiro atoms. The number of anilines is 2. The van der Waals surface area contributed by atoms with Crippen molar-refractivity contribution in [2.45, 2.75) is 32.7 Å². The van der Waals surface area contributed by atoms with Gasteiger partial charge in [0.25, 0.3) is 0 Å². The average molecular weight is 292 g/mol. The Morgan fingerprint density at radius 1 is 1.52 bits per heavy atom. The highest BCUT2D eigenvalue weighted by Gasteiger charge is 2.23. The van der Waals surface area contributed by atoms with Crippen LogP contribution in [0.15, 0.2) is 12.1 Å². The molecule has 6 nitrogen and oxygen atoms in total. The van der Waals surface area contributed by atoms with E-state index in [0.717, 1.165) is 12.2 Å². The van der Waals surface area contributed by atoms with Crippen molar-refractivity contribution in [2.24, 2.45) is 5.92 Å². The number of rotatable bonds is 5. The van der Waals surface area contributed by atoms with E-state index >= 15 is 0 Å². The second kappa shape index (κ2) is 6.65. The number of likely N-dealkylation sites (tertiary alicyclic amines) is 1. The van der Waals surface area contributed by atoms with Crippen molar-refractivity contribution in [1.82, 2.24) is 9.88 Å². The van der Waals surface area contributed by atoms with E-state index in [1.165, 1.54) is 0 Å². The molecule has 1 aliphatic heterocycles. The fourth-order valence-electron chi connectivity index (χ4n) is 2.23. The Balaban J connectivity index is 2.00. The number of ether oxygens (including phenoxy) is 1. The maximum absolute atomic E-state index is 11.5. The fraction of sp³-hybridized carbons (Fsp3) is 0.600. The smallest absolute Gasteiger partial charge is 0.239 e. The molecule has 1 aromatic rings. The SMILES string of the molecule is CC(C)COc1nc(NC2CCC(=O)N(C)C2)ccc1N. The van der Waals surface area contributed by atoms with Gasteiger partial charge in [-0.25, -0.2) is 0 Å². The van der Waals surface area contributed by atoms with E-state index < -0.39 is 0 Å². The zero-order valence-corrected chi connectivity index (χ0v) is 12.9. The highest BCUT2D eigenvalue weighted by atomic mass is 16.5. The lowest BCUT2D eigenvalue weighted by Gasteiger charge is -2.30. The summed E-state index contributed by atoms with van der Waals surface area (Å²) >= 11 is 0. The third-order valence-electron chi connectivity index (χ3n) is 3.42. The molecule has 116 valence electrons. The summed E-state index contributed by atoms with van der Waals surface area (Å²) in [4.78, 5) is 17.7. The van der Waals surface area contributed by atoms with Gasteiger partial charge >= 0.3 is 0 Å². The lowest BCUT2D eigenvalue weighted by molar-refractivity contribution is -0.132. The summed E-state index contributed by atoms with van der Waals surface area (Å²) in [6.45, 7) is 5.43. The minimum atomic E-state index is 0.194. The first kappa shape index (κ1) is 15.4. The predicted octanol–water partition coefficient (Wildman–Crippen LogP) is 1.73. The van der Waals surface area contributed by atoms with Gasteiger partial charge in [0.15, 0.2) is 0 Å². The number of pyridine rings is 1. The van der Waals surface area contributed by atoms with E-state index in [0.29, 0.717) is 37.1 Å². The lowest BCUT2D eigenvalue weighted by Crippen LogP contribution is -2.43. The van der Waals surface area contributed by atoms with Gasteiger partial charge < -0.3 is 20.7 Å². The van der Waals surface area contributed by atoms with Crippen LogP contribution in [-0.4, -0.2) is 42.0 Å². The van der Waals surface area contributed by atoms with Gasteiger partial charge in [-0.15, -0.1) is 0 Å². The molecule has 0 saturated carbocycles. The average Bonchev–Trinajstić information content (AvgIpc) is 2.43. The number of amides is 1. The molecule has 1 saturated heterocycles. The highest BCUT2D eigenvalue weighted by molar-refractivity contribution is 5.77. The summed E-state index contributed by atoms with van der Waals surface area (Å²) in [5.74, 6) is 1.81. The fourth-order valence-corrected chi connectivity index (χ4v) is 2.23. The van der Waals surface area contributed by atoms with Crippen LogP contribution in [0.4, 0.5) is 11.5 Å². The second-order valence-corrected chi connectivity index (χ2v) is 5.95. The first-order valence-electron chi connectivity index (χ1n) is 7.35. The standard InChI is InChI=1S/C15H24N4O2/c1-10(2)9-21-15-12(16)5-6-13(18-15)17-11-4-7-14(20)19(3)8-11/h5-6,10-11H,4,7-9,16H2,1-3H3,(H,17,18). The molecule has 1 amide bonds. The molecule has 2 rings (SSSR count). The summed E-state index contributed by atoms with van der Waals surface area (Å²) in [7, 11) is 1.82. The number of hydrogen-bond donors (Lipinski definition) is 2. The van der Waals surface area contributed by atoms with Gasteiger partial charge in [0.1, 0.15) is 5.82 Å². The highest BCUT2D eigenvalue weighted by Crippen LogP contribution is 2.23. The number of piperidine rings is 1. The number of nitrogens with zero attached hydrogens (tertiary/aromatic N) is 2. The third kappa shape index (κ3) is 4.24. The van der Waals surface area contributed by atoms with E-state index in [-0.39, 0.29) is 11.9 Å². The number of carbonyl (C=O) groups is 1. The Kier molecular flexibility index (Phi) is 4.88. The Labute approximate surface area is 125 Å². The maximum atomic E-state index is 11.5. The van der Waals surface area contributed by atoms with Crippen LogP contribution < -0.4 is 15.8 Å². The lowest BCUT2D eigenvalue weighted by atomic mass is 10.1. The third-order valence-corrected chi connectivity index (χ3v) is 3.42. The first-order valence-corrected chi connectivity index (χ1v) is 7.35. The van der Waals surface area contributed by atoms with Gasteiger partial charge in [-0.2, -0.15) is 4.98 Å². The molecule has 21 heavy (non-hydrogen) atoms. The molecule has 3 N–H and O–H groups in total. The second-order valence-electron chi connectivity index (χ2n) is 5.95. The first-order chi connectivity index (χ1) is 9.95. The normalized spacial score (nSPS) is 19.0. The number of nitrogen functional groups attached to an aromatic ring is 1. The van der Waals surface area contributed by atoms with Crippen LogP contribution in [0.2, 0.25) is 0 Å². The molecule has 2 heterocycles. The van der Waals surface area contributed by atoms with Crippen LogP contribution in [0.25, 0.3) is 0 Å². The number of nitrogens with one attached hydrogen (secondary N) is 1. The molecule has 1 aliphatic rings. The molecular weight excluding hydrogens is 268 g/mol. The minimum Gasteiger partial charge on any atom is -0.476 e. The van der Waals surface area contributed by atoms with Crippen LogP contribution in [0.3, 0.4) is 0 Å². The van der Waals surface area contributed by atoms with Crippen molar-refractivity contribution in [1.29, 1.82) is 0 Å². The zero-order valence-electron chi connectivity index (χ0n) is 12.9. The van der Waals surface area contributed by atoms with Gasteiger partial charge in [0, 0.05) is 26.1 Å². The Hall–Kier alpha value is -1.98. The van der Waals surface area contributed by atoms with Crippen molar-refractivity contribution in [3.63, 3.8) is 0 Å². The minimum absolute atomic E-state index is 0.194. The molecule has 6 heteroatoms. The zero-order chi connectivity index (χ0) is 15.4. The number of hydrogen-bond acceptors (Lipinski definition) is 5.